The summed E-state index contributed by atoms with van der Waals surface area (Å²) >= 11 is 0. The lowest BCUT2D eigenvalue weighted by atomic mass is 10.3. The van der Waals surface area contributed by atoms with Gasteiger partial charge in [-0.3, -0.25) is 0 Å². The van der Waals surface area contributed by atoms with E-state index in [1.165, 1.54) is 25.7 Å². The molecule has 2 saturated carbocycles. The summed E-state index contributed by atoms with van der Waals surface area (Å²) in [6, 6.07) is 1.78. The van der Waals surface area contributed by atoms with Gasteiger partial charge in [0.1, 0.15) is 17.7 Å². The van der Waals surface area contributed by atoms with Crippen molar-refractivity contribution in [2.45, 2.75) is 50.5 Å². The third-order valence-electron chi connectivity index (χ3n) is 3.40. The molecule has 0 spiro atoms. The molecular formula is C12H18N4O. The molecule has 1 heterocycles. The predicted octanol–water partition coefficient (Wildman–Crippen LogP) is 1.96. The molecule has 3 N–H and O–H groups in total. The number of nitrogen functional groups attached to an aromatic ring is 1. The molecule has 0 aliphatic heterocycles. The van der Waals surface area contributed by atoms with E-state index in [0.717, 1.165) is 18.7 Å². The first-order chi connectivity index (χ1) is 8.35. The highest BCUT2D eigenvalue weighted by molar-refractivity contribution is 5.38. The van der Waals surface area contributed by atoms with Gasteiger partial charge in [0.2, 0.25) is 5.88 Å². The van der Waals surface area contributed by atoms with Crippen LogP contribution in [0.15, 0.2) is 6.07 Å². The molecule has 0 unspecified atom stereocenters. The number of hydrazine groups is 1. The number of hydrogen-bond acceptors (Lipinski definition) is 5. The Bertz CT molecular complexity index is 399. The van der Waals surface area contributed by atoms with Crippen LogP contribution in [0.2, 0.25) is 0 Å². The highest BCUT2D eigenvalue weighted by Crippen LogP contribution is 2.39. The van der Waals surface area contributed by atoms with Crippen molar-refractivity contribution < 1.29 is 4.74 Å². The molecule has 5 nitrogen and oxygen atoms in total. The summed E-state index contributed by atoms with van der Waals surface area (Å²) in [5, 5.41) is 0. The van der Waals surface area contributed by atoms with E-state index in [9.17, 15) is 0 Å². The van der Waals surface area contributed by atoms with E-state index in [2.05, 4.69) is 15.4 Å². The van der Waals surface area contributed by atoms with Crippen molar-refractivity contribution in [1.82, 2.24) is 9.97 Å². The maximum Gasteiger partial charge on any atom is 0.219 e. The zero-order valence-corrected chi connectivity index (χ0v) is 9.85. The van der Waals surface area contributed by atoms with Crippen molar-refractivity contribution in [2.75, 3.05) is 5.43 Å². The summed E-state index contributed by atoms with van der Waals surface area (Å²) in [5.41, 5.74) is 2.58. The molecular weight excluding hydrogens is 216 g/mol. The fraction of sp³-hybridized carbons (Fsp3) is 0.667. The molecule has 0 atom stereocenters. The number of rotatable bonds is 4. The lowest BCUT2D eigenvalue weighted by Gasteiger charge is -2.13. The lowest BCUT2D eigenvalue weighted by Crippen LogP contribution is -2.15. The molecule has 5 heteroatoms. The minimum atomic E-state index is 0.322. The molecule has 1 aromatic heterocycles. The van der Waals surface area contributed by atoms with Crippen molar-refractivity contribution in [3.05, 3.63) is 11.9 Å². The third-order valence-corrected chi connectivity index (χ3v) is 3.40. The third kappa shape index (κ3) is 2.49. The van der Waals surface area contributed by atoms with Crippen molar-refractivity contribution in [3.8, 4) is 5.88 Å². The summed E-state index contributed by atoms with van der Waals surface area (Å²) < 4.78 is 5.89. The number of nitrogens with two attached hydrogens (primary N) is 1. The maximum absolute atomic E-state index is 5.89. The summed E-state index contributed by atoms with van der Waals surface area (Å²) in [4.78, 5) is 8.84. The number of ether oxygens (including phenoxy) is 1. The van der Waals surface area contributed by atoms with Crippen LogP contribution in [0.3, 0.4) is 0 Å². The molecule has 0 radical (unpaired) electrons. The van der Waals surface area contributed by atoms with E-state index in [1.807, 2.05) is 0 Å². The van der Waals surface area contributed by atoms with Crippen molar-refractivity contribution in [2.24, 2.45) is 5.84 Å². The molecule has 2 fully saturated rings. The topological polar surface area (TPSA) is 73.1 Å². The van der Waals surface area contributed by atoms with Crippen LogP contribution in [0.1, 0.15) is 50.3 Å². The predicted molar refractivity (Wildman–Crippen MR) is 64.7 cm³/mol. The Morgan fingerprint density at radius 3 is 2.59 bits per heavy atom. The number of nitrogens with one attached hydrogen (secondary N) is 1. The number of anilines is 1. The van der Waals surface area contributed by atoms with Crippen LogP contribution < -0.4 is 16.0 Å². The fourth-order valence-electron chi connectivity index (χ4n) is 2.28. The van der Waals surface area contributed by atoms with Gasteiger partial charge in [-0.2, -0.15) is 4.98 Å². The van der Waals surface area contributed by atoms with Gasteiger partial charge in [-0.25, -0.2) is 10.8 Å². The van der Waals surface area contributed by atoms with Crippen LogP contribution in [0, 0.1) is 0 Å². The molecule has 2 aliphatic carbocycles. The van der Waals surface area contributed by atoms with Gasteiger partial charge in [0, 0.05) is 12.0 Å². The monoisotopic (exact) mass is 234 g/mol. The van der Waals surface area contributed by atoms with E-state index in [-0.39, 0.29) is 0 Å². The quantitative estimate of drug-likeness (QED) is 0.615. The van der Waals surface area contributed by atoms with Gasteiger partial charge in [0.05, 0.1) is 0 Å². The van der Waals surface area contributed by atoms with Crippen LogP contribution in [-0.2, 0) is 0 Å². The summed E-state index contributed by atoms with van der Waals surface area (Å²) in [6.45, 7) is 0. The zero-order chi connectivity index (χ0) is 11.7. The molecule has 0 aromatic carbocycles. The Hall–Kier alpha value is -1.36. The minimum Gasteiger partial charge on any atom is -0.474 e. The largest absolute Gasteiger partial charge is 0.474 e. The van der Waals surface area contributed by atoms with Gasteiger partial charge >= 0.3 is 0 Å². The van der Waals surface area contributed by atoms with E-state index in [1.54, 1.807) is 6.07 Å². The van der Waals surface area contributed by atoms with Gasteiger partial charge < -0.3 is 10.2 Å². The second-order valence-corrected chi connectivity index (χ2v) is 4.89. The molecule has 0 amide bonds. The zero-order valence-electron chi connectivity index (χ0n) is 9.85. The summed E-state index contributed by atoms with van der Waals surface area (Å²) in [5.74, 6) is 8.11. The standard InChI is InChI=1S/C12H18N4O/c13-16-10-7-11(17-9-3-1-2-4-9)15-12(14-10)8-5-6-8/h7-9H,1-6,13H2,(H,14,15,16). The normalized spacial score (nSPS) is 20.5. The Balaban J connectivity index is 1.78. The van der Waals surface area contributed by atoms with E-state index < -0.39 is 0 Å². The molecule has 0 bridgehead atoms. The van der Waals surface area contributed by atoms with Gasteiger partial charge in [-0.05, 0) is 38.5 Å². The van der Waals surface area contributed by atoms with Crippen LogP contribution in [0.5, 0.6) is 5.88 Å². The first-order valence-electron chi connectivity index (χ1n) is 6.37. The molecule has 2 aliphatic rings. The lowest BCUT2D eigenvalue weighted by molar-refractivity contribution is 0.200. The minimum absolute atomic E-state index is 0.322. The SMILES string of the molecule is NNc1cc(OC2CCCC2)nc(C2CC2)n1. The van der Waals surface area contributed by atoms with Crippen LogP contribution in [-0.4, -0.2) is 16.1 Å². The average molecular weight is 234 g/mol. The van der Waals surface area contributed by atoms with Crippen molar-refractivity contribution in [3.63, 3.8) is 0 Å². The second-order valence-electron chi connectivity index (χ2n) is 4.89. The second kappa shape index (κ2) is 4.49. The van der Waals surface area contributed by atoms with E-state index in [0.29, 0.717) is 23.7 Å². The Morgan fingerprint density at radius 2 is 1.94 bits per heavy atom. The molecule has 92 valence electrons. The fourth-order valence-corrected chi connectivity index (χ4v) is 2.28. The number of nitrogens with zero attached hydrogens (tertiary/aromatic N) is 2. The first kappa shape index (κ1) is 10.8. The van der Waals surface area contributed by atoms with Crippen LogP contribution in [0.4, 0.5) is 5.82 Å². The average Bonchev–Trinajstić information content (AvgIpc) is 3.09. The van der Waals surface area contributed by atoms with E-state index in [4.69, 9.17) is 10.6 Å². The molecule has 1 aromatic rings. The van der Waals surface area contributed by atoms with Gasteiger partial charge in [0.15, 0.2) is 0 Å². The van der Waals surface area contributed by atoms with Crippen molar-refractivity contribution in [1.29, 1.82) is 0 Å². The van der Waals surface area contributed by atoms with Gasteiger partial charge in [-0.1, -0.05) is 0 Å². The molecule has 0 saturated heterocycles. The highest BCUT2D eigenvalue weighted by atomic mass is 16.5. The Morgan fingerprint density at radius 1 is 1.18 bits per heavy atom. The Kier molecular flexibility index (Phi) is 2.84. The van der Waals surface area contributed by atoms with Crippen LogP contribution in [0.25, 0.3) is 0 Å². The number of aromatic nitrogens is 2. The van der Waals surface area contributed by atoms with Gasteiger partial charge in [-0.15, -0.1) is 0 Å². The maximum atomic E-state index is 5.89. The summed E-state index contributed by atoms with van der Waals surface area (Å²) in [7, 11) is 0. The molecule has 17 heavy (non-hydrogen) atoms. The van der Waals surface area contributed by atoms with Gasteiger partial charge in [0.25, 0.3) is 0 Å². The van der Waals surface area contributed by atoms with Crippen molar-refractivity contribution >= 4 is 5.82 Å². The Labute approximate surface area is 101 Å². The first-order valence-corrected chi connectivity index (χ1v) is 6.37. The molecule has 3 rings (SSSR count). The van der Waals surface area contributed by atoms with Crippen LogP contribution >= 0.6 is 0 Å². The summed E-state index contributed by atoms with van der Waals surface area (Å²) in [6.07, 6.45) is 7.46. The van der Waals surface area contributed by atoms with E-state index >= 15 is 0 Å². The smallest absolute Gasteiger partial charge is 0.219 e. The highest BCUT2D eigenvalue weighted by Gasteiger charge is 2.28. The number of hydrogen-bond donors (Lipinski definition) is 2.